The van der Waals surface area contributed by atoms with E-state index in [1.54, 1.807) is 6.92 Å². The maximum absolute atomic E-state index is 12.4. The third kappa shape index (κ3) is 3.57. The summed E-state index contributed by atoms with van der Waals surface area (Å²) in [7, 11) is 0. The van der Waals surface area contributed by atoms with E-state index in [4.69, 9.17) is 4.52 Å². The van der Waals surface area contributed by atoms with Gasteiger partial charge in [0.15, 0.2) is 0 Å². The van der Waals surface area contributed by atoms with E-state index in [2.05, 4.69) is 16.5 Å². The summed E-state index contributed by atoms with van der Waals surface area (Å²) < 4.78 is 5.08. The summed E-state index contributed by atoms with van der Waals surface area (Å²) in [6, 6.07) is 8.01. The molecular weight excluding hydrogens is 318 g/mol. The van der Waals surface area contributed by atoms with Gasteiger partial charge in [-0.15, -0.1) is 0 Å². The monoisotopic (exact) mass is 341 g/mol. The number of hydrogen-bond acceptors (Lipinski definition) is 4. The molecule has 1 aromatic heterocycles. The smallest absolute Gasteiger partial charge is 0.256 e. The number of anilines is 1. The van der Waals surface area contributed by atoms with Gasteiger partial charge >= 0.3 is 0 Å². The Morgan fingerprint density at radius 2 is 2.12 bits per heavy atom. The average molecular weight is 341 g/mol. The van der Waals surface area contributed by atoms with Crippen LogP contribution in [0.2, 0.25) is 0 Å². The van der Waals surface area contributed by atoms with Gasteiger partial charge in [0, 0.05) is 25.2 Å². The molecule has 1 aliphatic rings. The molecule has 0 atom stereocenters. The number of benzene rings is 1. The van der Waals surface area contributed by atoms with Crippen LogP contribution in [0, 0.1) is 6.92 Å². The molecule has 0 saturated heterocycles. The van der Waals surface area contributed by atoms with Crippen LogP contribution < -0.4 is 10.2 Å². The van der Waals surface area contributed by atoms with Gasteiger partial charge in [0.25, 0.3) is 5.91 Å². The second-order valence-electron chi connectivity index (χ2n) is 6.20. The maximum atomic E-state index is 12.4. The Labute approximate surface area is 147 Å². The molecule has 132 valence electrons. The van der Waals surface area contributed by atoms with Crippen molar-refractivity contribution in [2.24, 2.45) is 0 Å². The summed E-state index contributed by atoms with van der Waals surface area (Å²) in [6.45, 7) is 4.86. The predicted molar refractivity (Wildman–Crippen MR) is 94.7 cm³/mol. The van der Waals surface area contributed by atoms with Gasteiger partial charge in [-0.05, 0) is 37.8 Å². The van der Waals surface area contributed by atoms with Crippen LogP contribution in [0.3, 0.4) is 0 Å². The Bertz CT molecular complexity index is 782. The Morgan fingerprint density at radius 1 is 1.32 bits per heavy atom. The van der Waals surface area contributed by atoms with Gasteiger partial charge in [-0.1, -0.05) is 30.3 Å². The van der Waals surface area contributed by atoms with Crippen molar-refractivity contribution in [1.29, 1.82) is 0 Å². The van der Waals surface area contributed by atoms with Gasteiger partial charge in [-0.3, -0.25) is 9.59 Å². The highest BCUT2D eigenvalue weighted by Gasteiger charge is 2.23. The highest BCUT2D eigenvalue weighted by molar-refractivity contribution is 5.96. The zero-order valence-electron chi connectivity index (χ0n) is 14.7. The molecule has 2 amide bonds. The number of rotatable bonds is 6. The average Bonchev–Trinajstić information content (AvgIpc) is 3.21. The minimum Gasteiger partial charge on any atom is -0.361 e. The van der Waals surface area contributed by atoms with Crippen LogP contribution in [0.15, 0.2) is 28.8 Å². The lowest BCUT2D eigenvalue weighted by atomic mass is 10.1. The normalized spacial score (nSPS) is 13.0. The Hall–Kier alpha value is -2.63. The van der Waals surface area contributed by atoms with E-state index in [1.807, 2.05) is 30.0 Å². The molecule has 0 unspecified atom stereocenters. The molecule has 2 aromatic rings. The lowest BCUT2D eigenvalue weighted by molar-refractivity contribution is -0.118. The van der Waals surface area contributed by atoms with Crippen LogP contribution >= 0.6 is 0 Å². The zero-order chi connectivity index (χ0) is 17.8. The molecule has 0 fully saturated rings. The molecule has 1 aliphatic heterocycles. The van der Waals surface area contributed by atoms with Crippen molar-refractivity contribution in [3.05, 3.63) is 46.8 Å². The summed E-state index contributed by atoms with van der Waals surface area (Å²) in [6.07, 6.45) is 2.57. The first-order valence-corrected chi connectivity index (χ1v) is 8.73. The van der Waals surface area contributed by atoms with Crippen LogP contribution in [0.4, 0.5) is 5.69 Å². The molecule has 1 N–H and O–H groups in total. The Kier molecular flexibility index (Phi) is 5.16. The SMILES string of the molecule is CCc1noc(C)c1C(=O)NCCCC(=O)N1CCc2ccccc21. The number of nitrogens with zero attached hydrogens (tertiary/aromatic N) is 2. The fourth-order valence-corrected chi connectivity index (χ4v) is 3.21. The van der Waals surface area contributed by atoms with Gasteiger partial charge in [0.2, 0.25) is 5.91 Å². The van der Waals surface area contributed by atoms with Crippen LogP contribution in [0.5, 0.6) is 0 Å². The van der Waals surface area contributed by atoms with Crippen molar-refractivity contribution in [1.82, 2.24) is 10.5 Å². The van der Waals surface area contributed by atoms with E-state index in [-0.39, 0.29) is 11.8 Å². The minimum absolute atomic E-state index is 0.106. The second kappa shape index (κ2) is 7.51. The van der Waals surface area contributed by atoms with Gasteiger partial charge < -0.3 is 14.7 Å². The van der Waals surface area contributed by atoms with E-state index in [0.717, 1.165) is 18.7 Å². The van der Waals surface area contributed by atoms with Crippen LogP contribution in [-0.2, 0) is 17.6 Å². The first-order valence-electron chi connectivity index (χ1n) is 8.73. The molecule has 0 bridgehead atoms. The molecule has 0 spiro atoms. The number of amides is 2. The van der Waals surface area contributed by atoms with Crippen LogP contribution in [0.25, 0.3) is 0 Å². The van der Waals surface area contributed by atoms with Gasteiger partial charge in [0.1, 0.15) is 11.3 Å². The molecule has 0 radical (unpaired) electrons. The van der Waals surface area contributed by atoms with Crippen LogP contribution in [-0.4, -0.2) is 30.1 Å². The maximum Gasteiger partial charge on any atom is 0.256 e. The van der Waals surface area contributed by atoms with E-state index in [1.165, 1.54) is 5.56 Å². The van der Waals surface area contributed by atoms with Gasteiger partial charge in [-0.2, -0.15) is 0 Å². The largest absolute Gasteiger partial charge is 0.361 e. The number of aryl methyl sites for hydroxylation is 2. The zero-order valence-corrected chi connectivity index (χ0v) is 14.7. The number of aromatic nitrogens is 1. The molecular formula is C19H23N3O3. The summed E-state index contributed by atoms with van der Waals surface area (Å²) in [4.78, 5) is 26.5. The standard InChI is InChI=1S/C19H23N3O3/c1-3-15-18(13(2)25-21-15)19(24)20-11-6-9-17(23)22-12-10-14-7-4-5-8-16(14)22/h4-5,7-8H,3,6,9-12H2,1-2H3,(H,20,24). The minimum atomic E-state index is -0.186. The van der Waals surface area contributed by atoms with Crippen molar-refractivity contribution in [2.45, 2.75) is 39.5 Å². The molecule has 3 rings (SSSR count). The lowest BCUT2D eigenvalue weighted by Crippen LogP contribution is -2.30. The Balaban J connectivity index is 1.48. The number of hydrogen-bond donors (Lipinski definition) is 1. The molecule has 2 heterocycles. The summed E-state index contributed by atoms with van der Waals surface area (Å²) in [5, 5.41) is 6.74. The summed E-state index contributed by atoms with van der Waals surface area (Å²) in [5.74, 6) is 0.447. The summed E-state index contributed by atoms with van der Waals surface area (Å²) in [5.41, 5.74) is 3.42. The van der Waals surface area contributed by atoms with Crippen molar-refractivity contribution in [3.8, 4) is 0 Å². The van der Waals surface area contributed by atoms with Crippen LogP contribution in [0.1, 0.15) is 47.1 Å². The molecule has 1 aromatic carbocycles. The lowest BCUT2D eigenvalue weighted by Gasteiger charge is -2.17. The fourth-order valence-electron chi connectivity index (χ4n) is 3.21. The van der Waals surface area contributed by atoms with Gasteiger partial charge in [0.05, 0.1) is 5.69 Å². The molecule has 25 heavy (non-hydrogen) atoms. The highest BCUT2D eigenvalue weighted by atomic mass is 16.5. The van der Waals surface area contributed by atoms with Gasteiger partial charge in [-0.25, -0.2) is 0 Å². The topological polar surface area (TPSA) is 75.4 Å². The third-order valence-corrected chi connectivity index (χ3v) is 4.54. The molecule has 6 heteroatoms. The van der Waals surface area contributed by atoms with E-state index in [0.29, 0.717) is 42.8 Å². The molecule has 6 nitrogen and oxygen atoms in total. The first-order chi connectivity index (χ1) is 12.1. The number of carbonyl (C=O) groups excluding carboxylic acids is 2. The van der Waals surface area contributed by atoms with Crippen molar-refractivity contribution < 1.29 is 14.1 Å². The molecule has 0 aliphatic carbocycles. The fraction of sp³-hybridized carbons (Fsp3) is 0.421. The van der Waals surface area contributed by atoms with E-state index >= 15 is 0 Å². The summed E-state index contributed by atoms with van der Waals surface area (Å²) >= 11 is 0. The van der Waals surface area contributed by atoms with E-state index < -0.39 is 0 Å². The molecule has 0 saturated carbocycles. The van der Waals surface area contributed by atoms with Crippen molar-refractivity contribution in [3.63, 3.8) is 0 Å². The quantitative estimate of drug-likeness (QED) is 0.820. The number of carbonyl (C=O) groups is 2. The van der Waals surface area contributed by atoms with Crippen molar-refractivity contribution >= 4 is 17.5 Å². The Morgan fingerprint density at radius 3 is 2.92 bits per heavy atom. The predicted octanol–water partition coefficient (Wildman–Crippen LogP) is 2.64. The van der Waals surface area contributed by atoms with E-state index in [9.17, 15) is 9.59 Å². The number of para-hydroxylation sites is 1. The van der Waals surface area contributed by atoms with Crippen molar-refractivity contribution in [2.75, 3.05) is 18.0 Å². The first kappa shape index (κ1) is 17.2. The highest BCUT2D eigenvalue weighted by Crippen LogP contribution is 2.28. The number of fused-ring (bicyclic) bond motifs is 1. The third-order valence-electron chi connectivity index (χ3n) is 4.54. The number of nitrogens with one attached hydrogen (secondary N) is 1. The second-order valence-corrected chi connectivity index (χ2v) is 6.20.